The van der Waals surface area contributed by atoms with Crippen molar-refractivity contribution in [2.45, 2.75) is 24.8 Å². The van der Waals surface area contributed by atoms with Crippen molar-refractivity contribution in [2.24, 2.45) is 0 Å². The minimum Gasteiger partial charge on any atom is -0.411 e. The molecule has 0 spiro atoms. The zero-order chi connectivity index (χ0) is 20.2. The summed E-state index contributed by atoms with van der Waals surface area (Å²) < 4.78 is 5.73. The number of carbonyl (C=O) groups is 1. The van der Waals surface area contributed by atoms with E-state index in [0.29, 0.717) is 26.9 Å². The van der Waals surface area contributed by atoms with Gasteiger partial charge < -0.3 is 9.73 Å². The fourth-order valence-corrected chi connectivity index (χ4v) is 4.02. The minimum absolute atomic E-state index is 0.276. The molecule has 29 heavy (non-hydrogen) atoms. The molecule has 4 rings (SSSR count). The van der Waals surface area contributed by atoms with Gasteiger partial charge in [0.25, 0.3) is 11.1 Å². The zero-order valence-corrected chi connectivity index (χ0v) is 17.4. The maximum absolute atomic E-state index is 12.3. The van der Waals surface area contributed by atoms with Crippen molar-refractivity contribution >= 4 is 34.7 Å². The number of benzene rings is 2. The molecule has 146 valence electrons. The standard InChI is InChI=1S/C20H17N5O2S2/c1-12-7-9-14(10-8-12)21-17(26)19-24-22-16(29-19)11-28-20-25-23-18(27-20)15-6-4-3-5-13(15)2/h3-10H,11H2,1-2H3,(H,21,26). The Balaban J connectivity index is 1.37. The summed E-state index contributed by atoms with van der Waals surface area (Å²) in [6.45, 7) is 3.99. The van der Waals surface area contributed by atoms with Crippen molar-refractivity contribution in [3.63, 3.8) is 0 Å². The molecule has 7 nitrogen and oxygen atoms in total. The number of thioether (sulfide) groups is 1. The van der Waals surface area contributed by atoms with Gasteiger partial charge >= 0.3 is 0 Å². The fraction of sp³-hybridized carbons (Fsp3) is 0.150. The Kier molecular flexibility index (Phi) is 5.68. The summed E-state index contributed by atoms with van der Waals surface area (Å²) in [6.07, 6.45) is 0. The van der Waals surface area contributed by atoms with Gasteiger partial charge in [0.1, 0.15) is 5.01 Å². The molecule has 0 aliphatic carbocycles. The van der Waals surface area contributed by atoms with Gasteiger partial charge in [-0.1, -0.05) is 59.0 Å². The zero-order valence-electron chi connectivity index (χ0n) is 15.7. The van der Waals surface area contributed by atoms with Crippen LogP contribution in [0.25, 0.3) is 11.5 Å². The number of hydrogen-bond acceptors (Lipinski definition) is 8. The molecule has 4 aromatic rings. The Morgan fingerprint density at radius 3 is 2.62 bits per heavy atom. The lowest BCUT2D eigenvalue weighted by molar-refractivity contribution is 0.102. The number of hydrogen-bond donors (Lipinski definition) is 1. The fourth-order valence-electron chi connectivity index (χ4n) is 2.54. The number of carbonyl (C=O) groups excluding carboxylic acids is 1. The molecule has 0 saturated carbocycles. The number of anilines is 1. The lowest BCUT2D eigenvalue weighted by Crippen LogP contribution is -2.11. The van der Waals surface area contributed by atoms with Crippen molar-refractivity contribution in [1.29, 1.82) is 0 Å². The van der Waals surface area contributed by atoms with Crippen molar-refractivity contribution in [1.82, 2.24) is 20.4 Å². The second-order valence-corrected chi connectivity index (χ2v) is 8.29. The first-order valence-electron chi connectivity index (χ1n) is 8.81. The smallest absolute Gasteiger partial charge is 0.286 e. The average Bonchev–Trinajstić information content (AvgIpc) is 3.38. The third kappa shape index (κ3) is 4.69. The van der Waals surface area contributed by atoms with Gasteiger partial charge in [0, 0.05) is 11.3 Å². The first-order valence-corrected chi connectivity index (χ1v) is 10.6. The van der Waals surface area contributed by atoms with Crippen LogP contribution in [0, 0.1) is 13.8 Å². The van der Waals surface area contributed by atoms with Crippen LogP contribution in [0.5, 0.6) is 0 Å². The summed E-state index contributed by atoms with van der Waals surface area (Å²) in [5.74, 6) is 0.702. The number of rotatable bonds is 6. The molecule has 1 amide bonds. The highest BCUT2D eigenvalue weighted by atomic mass is 32.2. The van der Waals surface area contributed by atoms with Crippen molar-refractivity contribution in [3.05, 3.63) is 69.7 Å². The maximum Gasteiger partial charge on any atom is 0.286 e. The van der Waals surface area contributed by atoms with Gasteiger partial charge in [0.2, 0.25) is 10.9 Å². The Bertz CT molecular complexity index is 1140. The second-order valence-electron chi connectivity index (χ2n) is 6.30. The van der Waals surface area contributed by atoms with Gasteiger partial charge in [-0.3, -0.25) is 4.79 Å². The molecule has 2 aromatic heterocycles. The van der Waals surface area contributed by atoms with Crippen LogP contribution in [0.15, 0.2) is 58.2 Å². The van der Waals surface area contributed by atoms with Crippen LogP contribution >= 0.6 is 23.1 Å². The SMILES string of the molecule is Cc1ccc(NC(=O)c2nnc(CSc3nnc(-c4ccccc4C)o3)s2)cc1. The van der Waals surface area contributed by atoms with Gasteiger partial charge in [-0.15, -0.1) is 20.4 Å². The number of nitrogens with one attached hydrogen (secondary N) is 1. The molecule has 0 bridgehead atoms. The van der Waals surface area contributed by atoms with Crippen molar-refractivity contribution in [2.75, 3.05) is 5.32 Å². The van der Waals surface area contributed by atoms with E-state index in [4.69, 9.17) is 4.42 Å². The molecule has 9 heteroatoms. The van der Waals surface area contributed by atoms with Gasteiger partial charge in [-0.25, -0.2) is 0 Å². The highest BCUT2D eigenvalue weighted by Crippen LogP contribution is 2.28. The van der Waals surface area contributed by atoms with E-state index in [2.05, 4.69) is 25.7 Å². The normalized spacial score (nSPS) is 10.8. The predicted molar refractivity (Wildman–Crippen MR) is 113 cm³/mol. The van der Waals surface area contributed by atoms with E-state index in [0.717, 1.165) is 22.4 Å². The largest absolute Gasteiger partial charge is 0.411 e. The van der Waals surface area contributed by atoms with Crippen molar-refractivity contribution in [3.8, 4) is 11.5 Å². The van der Waals surface area contributed by atoms with E-state index < -0.39 is 0 Å². The highest BCUT2D eigenvalue weighted by molar-refractivity contribution is 7.98. The summed E-state index contributed by atoms with van der Waals surface area (Å²) in [7, 11) is 0. The van der Waals surface area contributed by atoms with Crippen LogP contribution in [-0.4, -0.2) is 26.3 Å². The average molecular weight is 424 g/mol. The van der Waals surface area contributed by atoms with Crippen LogP contribution in [-0.2, 0) is 5.75 Å². The topological polar surface area (TPSA) is 93.8 Å². The van der Waals surface area contributed by atoms with E-state index in [1.54, 1.807) is 0 Å². The molecule has 0 aliphatic heterocycles. The molecule has 2 aromatic carbocycles. The summed E-state index contributed by atoms with van der Waals surface area (Å²) >= 11 is 2.60. The Hall–Kier alpha value is -3.04. The molecular formula is C20H17N5O2S2. The molecule has 0 fully saturated rings. The maximum atomic E-state index is 12.3. The van der Waals surface area contributed by atoms with E-state index in [1.807, 2.05) is 62.4 Å². The lowest BCUT2D eigenvalue weighted by Gasteiger charge is -2.02. The van der Waals surface area contributed by atoms with Crippen LogP contribution in [0.4, 0.5) is 5.69 Å². The summed E-state index contributed by atoms with van der Waals surface area (Å²) in [4.78, 5) is 12.3. The first-order chi connectivity index (χ1) is 14.1. The van der Waals surface area contributed by atoms with E-state index in [-0.39, 0.29) is 5.91 Å². The summed E-state index contributed by atoms with van der Waals surface area (Å²) in [5.41, 5.74) is 3.84. The van der Waals surface area contributed by atoms with Gasteiger partial charge in [-0.05, 0) is 37.6 Å². The van der Waals surface area contributed by atoms with Gasteiger partial charge in [-0.2, -0.15) is 0 Å². The Morgan fingerprint density at radius 2 is 1.83 bits per heavy atom. The van der Waals surface area contributed by atoms with Crippen LogP contribution < -0.4 is 5.32 Å². The van der Waals surface area contributed by atoms with Gasteiger partial charge in [0.05, 0.1) is 5.75 Å². The van der Waals surface area contributed by atoms with Crippen LogP contribution in [0.1, 0.15) is 25.9 Å². The third-order valence-corrected chi connectivity index (χ3v) is 6.01. The monoisotopic (exact) mass is 423 g/mol. The van der Waals surface area contributed by atoms with E-state index >= 15 is 0 Å². The lowest BCUT2D eigenvalue weighted by atomic mass is 10.1. The van der Waals surface area contributed by atoms with Crippen LogP contribution in [0.3, 0.4) is 0 Å². The molecule has 1 N–H and O–H groups in total. The Labute approximate surface area is 175 Å². The molecule has 2 heterocycles. The molecular weight excluding hydrogens is 406 g/mol. The second kappa shape index (κ2) is 8.54. The number of nitrogens with zero attached hydrogens (tertiary/aromatic N) is 4. The summed E-state index contributed by atoms with van der Waals surface area (Å²) in [5, 5.41) is 20.5. The van der Waals surface area contributed by atoms with Gasteiger partial charge in [0.15, 0.2) is 0 Å². The predicted octanol–water partition coefficient (Wildman–Crippen LogP) is 4.75. The highest BCUT2D eigenvalue weighted by Gasteiger charge is 2.15. The molecule has 0 radical (unpaired) electrons. The number of aryl methyl sites for hydroxylation is 2. The Morgan fingerprint density at radius 1 is 1.03 bits per heavy atom. The van der Waals surface area contributed by atoms with E-state index in [1.165, 1.54) is 23.1 Å². The summed E-state index contributed by atoms with van der Waals surface area (Å²) in [6, 6.07) is 15.4. The number of aromatic nitrogens is 4. The van der Waals surface area contributed by atoms with Crippen molar-refractivity contribution < 1.29 is 9.21 Å². The van der Waals surface area contributed by atoms with E-state index in [9.17, 15) is 4.79 Å². The molecule has 0 atom stereocenters. The molecule has 0 unspecified atom stereocenters. The number of amides is 1. The quantitative estimate of drug-likeness (QED) is 0.447. The first kappa shape index (κ1) is 19.3. The van der Waals surface area contributed by atoms with Crippen LogP contribution in [0.2, 0.25) is 0 Å². The molecule has 0 aliphatic rings. The molecule has 0 saturated heterocycles. The third-order valence-electron chi connectivity index (χ3n) is 4.07. The minimum atomic E-state index is -0.276.